The Balaban J connectivity index is 1.76. The van der Waals surface area contributed by atoms with Crippen LogP contribution in [0.2, 0.25) is 5.02 Å². The average Bonchev–Trinajstić information content (AvgIpc) is 3.15. The fourth-order valence-electron chi connectivity index (χ4n) is 4.76. The third kappa shape index (κ3) is 5.11. The lowest BCUT2D eigenvalue weighted by Gasteiger charge is -2.27. The van der Waals surface area contributed by atoms with Crippen molar-refractivity contribution >= 4 is 39.8 Å². The number of rotatable bonds is 9. The average molecular weight is 507 g/mol. The number of Topliss-reactive ketones (excluding diaryl/α,β-unsaturated/α-hetero) is 1. The first kappa shape index (κ1) is 25.7. The fourth-order valence-corrected chi connectivity index (χ4v) is 4.89. The number of hydrogen-bond acceptors (Lipinski definition) is 5. The summed E-state index contributed by atoms with van der Waals surface area (Å²) in [6.45, 7) is 7.26. The molecule has 1 heterocycles. The summed E-state index contributed by atoms with van der Waals surface area (Å²) in [6, 6.07) is 17.5. The number of halogens is 1. The molecule has 0 radical (unpaired) electrons. The van der Waals surface area contributed by atoms with Crippen molar-refractivity contribution in [3.05, 3.63) is 82.4 Å². The number of hydrogen-bond donors (Lipinski definition) is 1. The first-order chi connectivity index (χ1) is 17.4. The molecule has 1 fully saturated rings. The molecule has 0 saturated carbocycles. The van der Waals surface area contributed by atoms with Gasteiger partial charge in [0.1, 0.15) is 11.5 Å². The van der Waals surface area contributed by atoms with Crippen LogP contribution in [0.25, 0.3) is 16.5 Å². The second-order valence-electron chi connectivity index (χ2n) is 8.85. The van der Waals surface area contributed by atoms with E-state index in [4.69, 9.17) is 16.3 Å². The third-order valence-corrected chi connectivity index (χ3v) is 7.07. The van der Waals surface area contributed by atoms with Crippen molar-refractivity contribution < 1.29 is 19.4 Å². The Hall–Kier alpha value is -3.35. The molecule has 1 atom stereocenters. The highest BCUT2D eigenvalue weighted by molar-refractivity contribution is 6.46. The van der Waals surface area contributed by atoms with E-state index in [0.717, 1.165) is 48.1 Å². The van der Waals surface area contributed by atoms with Crippen molar-refractivity contribution in [3.8, 4) is 5.75 Å². The molecule has 1 aliphatic heterocycles. The number of benzene rings is 3. The van der Waals surface area contributed by atoms with Gasteiger partial charge in [0, 0.05) is 17.1 Å². The predicted octanol–water partition coefficient (Wildman–Crippen LogP) is 5.66. The van der Waals surface area contributed by atoms with Crippen LogP contribution in [0, 0.1) is 0 Å². The monoisotopic (exact) mass is 506 g/mol. The number of aliphatic hydroxyl groups is 1. The first-order valence-corrected chi connectivity index (χ1v) is 12.6. The Kier molecular flexibility index (Phi) is 7.97. The number of aliphatic hydroxyl groups excluding tert-OH is 1. The van der Waals surface area contributed by atoms with Gasteiger partial charge in [0.25, 0.3) is 11.7 Å². The smallest absolute Gasteiger partial charge is 0.295 e. The quantitative estimate of drug-likeness (QED) is 0.230. The van der Waals surface area contributed by atoms with Gasteiger partial charge in [-0.05, 0) is 72.7 Å². The minimum atomic E-state index is -0.689. The molecule has 188 valence electrons. The number of nitrogens with zero attached hydrogens (tertiary/aromatic N) is 2. The largest absolute Gasteiger partial charge is 0.507 e. The number of fused-ring (bicyclic) bond motifs is 1. The van der Waals surface area contributed by atoms with Crippen LogP contribution in [-0.4, -0.2) is 59.9 Å². The van der Waals surface area contributed by atoms with Gasteiger partial charge < -0.3 is 19.6 Å². The number of ether oxygens (including phenoxy) is 1. The molecular weight excluding hydrogens is 476 g/mol. The van der Waals surface area contributed by atoms with Crippen LogP contribution in [0.4, 0.5) is 0 Å². The third-order valence-electron chi connectivity index (χ3n) is 6.81. The van der Waals surface area contributed by atoms with Crippen LogP contribution in [0.1, 0.15) is 37.4 Å². The Morgan fingerprint density at radius 3 is 2.33 bits per heavy atom. The Morgan fingerprint density at radius 1 is 1.00 bits per heavy atom. The summed E-state index contributed by atoms with van der Waals surface area (Å²) in [6.07, 6.45) is 0.719. The predicted molar refractivity (Wildman–Crippen MR) is 143 cm³/mol. The molecule has 1 unspecified atom stereocenters. The van der Waals surface area contributed by atoms with Crippen molar-refractivity contribution in [1.82, 2.24) is 9.80 Å². The molecule has 0 bridgehead atoms. The molecule has 0 aromatic heterocycles. The number of carbonyl (C=O) groups excluding carboxylic acids is 2. The van der Waals surface area contributed by atoms with Gasteiger partial charge >= 0.3 is 0 Å². The van der Waals surface area contributed by atoms with Crippen molar-refractivity contribution in [2.24, 2.45) is 0 Å². The number of carbonyl (C=O) groups is 2. The molecule has 0 spiro atoms. The zero-order valence-electron chi connectivity index (χ0n) is 20.8. The first-order valence-electron chi connectivity index (χ1n) is 12.2. The van der Waals surface area contributed by atoms with E-state index in [-0.39, 0.29) is 11.3 Å². The highest BCUT2D eigenvalue weighted by atomic mass is 35.5. The van der Waals surface area contributed by atoms with Gasteiger partial charge in [-0.3, -0.25) is 9.59 Å². The molecule has 7 heteroatoms. The Labute approximate surface area is 216 Å². The van der Waals surface area contributed by atoms with E-state index in [1.165, 1.54) is 0 Å². The van der Waals surface area contributed by atoms with Gasteiger partial charge in [-0.15, -0.1) is 0 Å². The summed E-state index contributed by atoms with van der Waals surface area (Å²) in [5, 5.41) is 13.8. The van der Waals surface area contributed by atoms with E-state index in [1.54, 1.807) is 42.3 Å². The molecule has 6 nitrogen and oxygen atoms in total. The summed E-state index contributed by atoms with van der Waals surface area (Å²) in [7, 11) is 1.61. The molecule has 0 aliphatic carbocycles. The maximum atomic E-state index is 13.3. The molecule has 4 rings (SSSR count). The number of amides is 1. The van der Waals surface area contributed by atoms with Gasteiger partial charge in [-0.1, -0.05) is 55.8 Å². The molecule has 1 aliphatic rings. The number of ketones is 1. The van der Waals surface area contributed by atoms with E-state index in [2.05, 4.69) is 18.7 Å². The standard InChI is InChI=1S/C29H31ClN2O4/c1-4-31(5-2)15-6-16-32-26(19-9-12-23(30)13-10-19)25(28(34)29(32)35)27(33)22-8-7-21-18-24(36-3)14-11-20(21)17-22/h7-14,17-18,26,33H,4-6,15-16H2,1-3H3/b27-25+. The molecular formula is C29H31ClN2O4. The van der Waals surface area contributed by atoms with Crippen molar-refractivity contribution in [2.45, 2.75) is 26.3 Å². The minimum Gasteiger partial charge on any atom is -0.507 e. The molecule has 3 aromatic rings. The van der Waals surface area contributed by atoms with Crippen molar-refractivity contribution in [2.75, 3.05) is 33.3 Å². The summed E-state index contributed by atoms with van der Waals surface area (Å²) >= 11 is 6.11. The molecule has 1 N–H and O–H groups in total. The topological polar surface area (TPSA) is 70.1 Å². The molecule has 1 amide bonds. The maximum absolute atomic E-state index is 13.3. The second-order valence-corrected chi connectivity index (χ2v) is 9.29. The van der Waals surface area contributed by atoms with Crippen LogP contribution in [0.15, 0.2) is 66.2 Å². The van der Waals surface area contributed by atoms with Crippen LogP contribution < -0.4 is 4.74 Å². The fraction of sp³-hybridized carbons (Fsp3) is 0.310. The Morgan fingerprint density at radius 2 is 1.67 bits per heavy atom. The van der Waals surface area contributed by atoms with Gasteiger partial charge in [0.2, 0.25) is 0 Å². The summed E-state index contributed by atoms with van der Waals surface area (Å²) in [4.78, 5) is 30.3. The van der Waals surface area contributed by atoms with Crippen molar-refractivity contribution in [1.29, 1.82) is 0 Å². The number of likely N-dealkylation sites (tertiary alicyclic amines) is 1. The van der Waals surface area contributed by atoms with E-state index in [1.807, 2.05) is 30.3 Å². The van der Waals surface area contributed by atoms with Crippen LogP contribution in [0.3, 0.4) is 0 Å². The summed E-state index contributed by atoms with van der Waals surface area (Å²) in [5.74, 6) is -0.721. The zero-order valence-corrected chi connectivity index (χ0v) is 21.6. The van der Waals surface area contributed by atoms with Gasteiger partial charge in [0.05, 0.1) is 18.7 Å². The SMILES string of the molecule is CCN(CC)CCCN1C(=O)C(=O)/C(=C(/O)c2ccc3cc(OC)ccc3c2)C1c1ccc(Cl)cc1. The lowest BCUT2D eigenvalue weighted by Crippen LogP contribution is -2.33. The van der Waals surface area contributed by atoms with E-state index >= 15 is 0 Å². The zero-order chi connectivity index (χ0) is 25.8. The van der Waals surface area contributed by atoms with Crippen LogP contribution >= 0.6 is 11.6 Å². The minimum absolute atomic E-state index is 0.0954. The van der Waals surface area contributed by atoms with E-state index < -0.39 is 17.7 Å². The van der Waals surface area contributed by atoms with Gasteiger partial charge in [-0.25, -0.2) is 0 Å². The van der Waals surface area contributed by atoms with Gasteiger partial charge in [-0.2, -0.15) is 0 Å². The van der Waals surface area contributed by atoms with Gasteiger partial charge in [0.15, 0.2) is 0 Å². The van der Waals surface area contributed by atoms with Crippen LogP contribution in [0.5, 0.6) is 5.75 Å². The molecule has 36 heavy (non-hydrogen) atoms. The second kappa shape index (κ2) is 11.1. The normalized spacial score (nSPS) is 17.4. The highest BCUT2D eigenvalue weighted by Crippen LogP contribution is 2.40. The lowest BCUT2D eigenvalue weighted by atomic mass is 9.94. The maximum Gasteiger partial charge on any atom is 0.295 e. The number of methoxy groups -OCH3 is 1. The summed E-state index contributed by atoms with van der Waals surface area (Å²) in [5.41, 5.74) is 1.30. The van der Waals surface area contributed by atoms with E-state index in [9.17, 15) is 14.7 Å². The highest BCUT2D eigenvalue weighted by Gasteiger charge is 2.45. The molecule has 1 saturated heterocycles. The molecule has 3 aromatic carbocycles. The lowest BCUT2D eigenvalue weighted by molar-refractivity contribution is -0.140. The van der Waals surface area contributed by atoms with Crippen LogP contribution in [-0.2, 0) is 9.59 Å². The van der Waals surface area contributed by atoms with Crippen molar-refractivity contribution in [3.63, 3.8) is 0 Å². The Bertz CT molecular complexity index is 1300. The summed E-state index contributed by atoms with van der Waals surface area (Å²) < 4.78 is 5.29. The van der Waals surface area contributed by atoms with E-state index in [0.29, 0.717) is 17.1 Å².